The van der Waals surface area contributed by atoms with E-state index in [1.54, 1.807) is 19.5 Å². The van der Waals surface area contributed by atoms with Crippen molar-refractivity contribution in [3.05, 3.63) is 48.8 Å². The molecular weight excluding hydrogens is 330 g/mol. The fraction of sp³-hybridized carbons (Fsp3) is 0.400. The molecule has 2 amide bonds. The van der Waals surface area contributed by atoms with Gasteiger partial charge in [0.2, 0.25) is 0 Å². The molecule has 2 bridgehead atoms. The molecule has 2 aliphatic rings. The molecule has 2 fully saturated rings. The van der Waals surface area contributed by atoms with Crippen LogP contribution in [-0.4, -0.2) is 41.2 Å². The quantitative estimate of drug-likeness (QED) is 0.910. The average Bonchev–Trinajstić information content (AvgIpc) is 2.94. The lowest BCUT2D eigenvalue weighted by Gasteiger charge is -2.38. The standard InChI is InChI=1S/C20H23N3O3/c1-25-18-4-2-3-14(11-18)22-20(24)23-15-5-6-16(23)13-19(12-15)26-17-7-9-21-10-8-17/h2-4,7-11,15-16,19H,5-6,12-13H2,1H3,(H,22,24). The van der Waals surface area contributed by atoms with Crippen LogP contribution in [0.15, 0.2) is 48.8 Å². The SMILES string of the molecule is COc1cccc(NC(=O)N2C3CCC2CC(Oc2ccncc2)C3)c1. The number of piperidine rings is 1. The molecular formula is C20H23N3O3. The molecule has 26 heavy (non-hydrogen) atoms. The number of carbonyl (C=O) groups excluding carboxylic acids is 1. The van der Waals surface area contributed by atoms with Crippen molar-refractivity contribution >= 4 is 11.7 Å². The molecule has 136 valence electrons. The van der Waals surface area contributed by atoms with Gasteiger partial charge in [-0.1, -0.05) is 6.07 Å². The summed E-state index contributed by atoms with van der Waals surface area (Å²) in [5, 5.41) is 3.01. The van der Waals surface area contributed by atoms with Gasteiger partial charge in [0.15, 0.2) is 0 Å². The van der Waals surface area contributed by atoms with Crippen LogP contribution in [0.3, 0.4) is 0 Å². The van der Waals surface area contributed by atoms with Crippen LogP contribution in [0.1, 0.15) is 25.7 Å². The summed E-state index contributed by atoms with van der Waals surface area (Å²) in [6.45, 7) is 0. The highest BCUT2D eigenvalue weighted by molar-refractivity contribution is 5.90. The molecule has 1 aromatic carbocycles. The molecule has 2 aromatic rings. The molecule has 1 aromatic heterocycles. The summed E-state index contributed by atoms with van der Waals surface area (Å²) in [6.07, 6.45) is 7.42. The van der Waals surface area contributed by atoms with Gasteiger partial charge in [0, 0.05) is 49.1 Å². The monoisotopic (exact) mass is 353 g/mol. The third kappa shape index (κ3) is 3.45. The molecule has 2 saturated heterocycles. The molecule has 0 spiro atoms. The van der Waals surface area contributed by atoms with Crippen molar-refractivity contribution < 1.29 is 14.3 Å². The van der Waals surface area contributed by atoms with Gasteiger partial charge in [-0.3, -0.25) is 4.98 Å². The van der Waals surface area contributed by atoms with Crippen molar-refractivity contribution in [1.82, 2.24) is 9.88 Å². The van der Waals surface area contributed by atoms with Crippen molar-refractivity contribution in [1.29, 1.82) is 0 Å². The number of amides is 2. The zero-order chi connectivity index (χ0) is 17.9. The molecule has 2 unspecified atom stereocenters. The predicted octanol–water partition coefficient (Wildman–Crippen LogP) is 3.70. The van der Waals surface area contributed by atoms with Crippen LogP contribution in [0, 0.1) is 0 Å². The van der Waals surface area contributed by atoms with Gasteiger partial charge in [-0.05, 0) is 37.1 Å². The van der Waals surface area contributed by atoms with E-state index in [4.69, 9.17) is 9.47 Å². The number of ether oxygens (including phenoxy) is 2. The number of urea groups is 1. The van der Waals surface area contributed by atoms with Gasteiger partial charge in [0.1, 0.15) is 17.6 Å². The van der Waals surface area contributed by atoms with Gasteiger partial charge in [0.05, 0.1) is 7.11 Å². The number of nitrogens with one attached hydrogen (secondary N) is 1. The molecule has 0 aliphatic carbocycles. The van der Waals surface area contributed by atoms with Crippen LogP contribution in [0.2, 0.25) is 0 Å². The van der Waals surface area contributed by atoms with Crippen molar-refractivity contribution in [3.8, 4) is 11.5 Å². The Morgan fingerprint density at radius 1 is 1.12 bits per heavy atom. The first-order chi connectivity index (χ1) is 12.7. The van der Waals surface area contributed by atoms with Crippen LogP contribution in [0.25, 0.3) is 0 Å². The second kappa shape index (κ2) is 7.23. The Bertz CT molecular complexity index is 754. The fourth-order valence-electron chi connectivity index (χ4n) is 4.05. The maximum absolute atomic E-state index is 12.8. The first-order valence-corrected chi connectivity index (χ1v) is 9.03. The number of nitrogens with zero attached hydrogens (tertiary/aromatic N) is 2. The second-order valence-electron chi connectivity index (χ2n) is 6.85. The number of aromatic nitrogens is 1. The van der Waals surface area contributed by atoms with E-state index in [1.165, 1.54) is 0 Å². The topological polar surface area (TPSA) is 63.7 Å². The second-order valence-corrected chi connectivity index (χ2v) is 6.85. The van der Waals surface area contributed by atoms with Crippen LogP contribution in [0.4, 0.5) is 10.5 Å². The lowest BCUT2D eigenvalue weighted by atomic mass is 10.00. The van der Waals surface area contributed by atoms with Gasteiger partial charge >= 0.3 is 6.03 Å². The number of carbonyl (C=O) groups is 1. The van der Waals surface area contributed by atoms with Crippen molar-refractivity contribution in [2.75, 3.05) is 12.4 Å². The highest BCUT2D eigenvalue weighted by Gasteiger charge is 2.44. The molecule has 0 saturated carbocycles. The predicted molar refractivity (Wildman–Crippen MR) is 98.5 cm³/mol. The van der Waals surface area contributed by atoms with E-state index in [0.717, 1.165) is 42.9 Å². The summed E-state index contributed by atoms with van der Waals surface area (Å²) in [7, 11) is 1.62. The molecule has 2 aliphatic heterocycles. The van der Waals surface area contributed by atoms with E-state index < -0.39 is 0 Å². The van der Waals surface area contributed by atoms with Gasteiger partial charge in [0.25, 0.3) is 0 Å². The smallest absolute Gasteiger partial charge is 0.322 e. The lowest BCUT2D eigenvalue weighted by Crippen LogP contribution is -2.50. The number of methoxy groups -OCH3 is 1. The Morgan fingerprint density at radius 2 is 1.85 bits per heavy atom. The number of rotatable bonds is 4. The number of hydrogen-bond donors (Lipinski definition) is 1. The normalized spacial score (nSPS) is 24.2. The first-order valence-electron chi connectivity index (χ1n) is 9.03. The molecule has 2 atom stereocenters. The van der Waals surface area contributed by atoms with E-state index in [0.29, 0.717) is 0 Å². The zero-order valence-electron chi connectivity index (χ0n) is 14.8. The summed E-state index contributed by atoms with van der Waals surface area (Å²) in [6, 6.07) is 11.6. The van der Waals surface area contributed by atoms with Gasteiger partial charge in [-0.2, -0.15) is 0 Å². The van der Waals surface area contributed by atoms with Crippen molar-refractivity contribution in [3.63, 3.8) is 0 Å². The maximum atomic E-state index is 12.8. The summed E-state index contributed by atoms with van der Waals surface area (Å²) in [4.78, 5) is 18.8. The van der Waals surface area contributed by atoms with E-state index in [2.05, 4.69) is 10.3 Å². The molecule has 3 heterocycles. The minimum absolute atomic E-state index is 0.0342. The van der Waals surface area contributed by atoms with Gasteiger partial charge < -0.3 is 19.7 Å². The minimum Gasteiger partial charge on any atom is -0.497 e. The first kappa shape index (κ1) is 16.7. The van der Waals surface area contributed by atoms with Crippen molar-refractivity contribution in [2.24, 2.45) is 0 Å². The van der Waals surface area contributed by atoms with E-state index in [9.17, 15) is 4.79 Å². The Kier molecular flexibility index (Phi) is 4.65. The molecule has 6 nitrogen and oxygen atoms in total. The van der Waals surface area contributed by atoms with E-state index in [-0.39, 0.29) is 24.2 Å². The van der Waals surface area contributed by atoms with Crippen molar-refractivity contribution in [2.45, 2.75) is 43.9 Å². The lowest BCUT2D eigenvalue weighted by molar-refractivity contribution is 0.0732. The highest BCUT2D eigenvalue weighted by atomic mass is 16.5. The zero-order valence-corrected chi connectivity index (χ0v) is 14.8. The van der Waals surface area contributed by atoms with Crippen LogP contribution in [-0.2, 0) is 0 Å². The average molecular weight is 353 g/mol. The van der Waals surface area contributed by atoms with Gasteiger partial charge in [-0.25, -0.2) is 4.79 Å². The Balaban J connectivity index is 1.40. The van der Waals surface area contributed by atoms with E-state index in [1.807, 2.05) is 41.3 Å². The third-order valence-corrected chi connectivity index (χ3v) is 5.20. The molecule has 6 heteroatoms. The number of fused-ring (bicyclic) bond motifs is 2. The van der Waals surface area contributed by atoms with Crippen LogP contribution >= 0.6 is 0 Å². The molecule has 1 N–H and O–H groups in total. The molecule has 0 radical (unpaired) electrons. The minimum atomic E-state index is -0.0342. The number of hydrogen-bond acceptors (Lipinski definition) is 4. The van der Waals surface area contributed by atoms with Gasteiger partial charge in [-0.15, -0.1) is 0 Å². The fourth-order valence-corrected chi connectivity index (χ4v) is 4.05. The number of benzene rings is 1. The largest absolute Gasteiger partial charge is 0.497 e. The number of anilines is 1. The van der Waals surface area contributed by atoms with Crippen LogP contribution in [0.5, 0.6) is 11.5 Å². The summed E-state index contributed by atoms with van der Waals surface area (Å²) < 4.78 is 11.3. The van der Waals surface area contributed by atoms with Crippen LogP contribution < -0.4 is 14.8 Å². The van der Waals surface area contributed by atoms with E-state index >= 15 is 0 Å². The Hall–Kier alpha value is -2.76. The molecule has 4 rings (SSSR count). The summed E-state index contributed by atoms with van der Waals surface area (Å²) in [5.74, 6) is 1.58. The Labute approximate surface area is 153 Å². The summed E-state index contributed by atoms with van der Waals surface area (Å²) in [5.41, 5.74) is 0.754. The Morgan fingerprint density at radius 3 is 2.54 bits per heavy atom. The highest BCUT2D eigenvalue weighted by Crippen LogP contribution is 2.37. The maximum Gasteiger partial charge on any atom is 0.322 e. The number of pyridine rings is 1. The third-order valence-electron chi connectivity index (χ3n) is 5.20. The summed E-state index contributed by atoms with van der Waals surface area (Å²) >= 11 is 0.